The van der Waals surface area contributed by atoms with Gasteiger partial charge in [-0.3, -0.25) is 5.32 Å². The molecule has 1 aliphatic carbocycles. The summed E-state index contributed by atoms with van der Waals surface area (Å²) in [5.74, 6) is 0.863. The van der Waals surface area contributed by atoms with Crippen LogP contribution in [0.5, 0.6) is 0 Å². The second-order valence-corrected chi connectivity index (χ2v) is 16.1. The average molecular weight is 753 g/mol. The van der Waals surface area contributed by atoms with Crippen LogP contribution < -0.4 is 10.6 Å². The third kappa shape index (κ3) is 5.22. The number of amidine groups is 1. The fourth-order valence-corrected chi connectivity index (χ4v) is 10.3. The van der Waals surface area contributed by atoms with Gasteiger partial charge < -0.3 is 14.3 Å². The molecule has 0 saturated heterocycles. The zero-order valence-corrected chi connectivity index (χ0v) is 31.8. The van der Waals surface area contributed by atoms with Crippen molar-refractivity contribution >= 4 is 76.3 Å². The topological polar surface area (TPSA) is 54.5 Å². The predicted molar refractivity (Wildman–Crippen MR) is 237 cm³/mol. The number of aryl methyl sites for hydroxylation is 1. The Morgan fingerprint density at radius 2 is 1.44 bits per heavy atom. The molecule has 2 unspecified atom stereocenters. The van der Waals surface area contributed by atoms with Gasteiger partial charge in [-0.2, -0.15) is 0 Å². The highest BCUT2D eigenvalue weighted by Gasteiger charge is 2.26. The van der Waals surface area contributed by atoms with Gasteiger partial charge in [0.15, 0.2) is 0 Å². The third-order valence-corrected chi connectivity index (χ3v) is 13.0. The van der Waals surface area contributed by atoms with Gasteiger partial charge in [-0.25, -0.2) is 4.99 Å². The van der Waals surface area contributed by atoms with Crippen LogP contribution in [0.15, 0.2) is 173 Å². The molecule has 2 atom stereocenters. The number of furan rings is 1. The van der Waals surface area contributed by atoms with Gasteiger partial charge in [0.2, 0.25) is 0 Å². The highest BCUT2D eigenvalue weighted by atomic mass is 32.1. The monoisotopic (exact) mass is 752 g/mol. The summed E-state index contributed by atoms with van der Waals surface area (Å²) in [6.07, 6.45) is 6.42. The molecule has 5 nitrogen and oxygen atoms in total. The number of aliphatic imine (C=N–C) groups is 1. The smallest absolute Gasteiger partial charge is 0.143 e. The van der Waals surface area contributed by atoms with E-state index in [9.17, 15) is 0 Å². The molecule has 0 bridgehead atoms. The number of aromatic nitrogens is 1. The fraction of sp³-hybridized carbons (Fsp3) is 0.0784. The Bertz CT molecular complexity index is 3260. The van der Waals surface area contributed by atoms with E-state index in [0.29, 0.717) is 0 Å². The number of hydrogen-bond donors (Lipinski definition) is 2. The predicted octanol–water partition coefficient (Wildman–Crippen LogP) is 12.9. The van der Waals surface area contributed by atoms with Crippen molar-refractivity contribution in [3.63, 3.8) is 0 Å². The number of benzene rings is 7. The lowest BCUT2D eigenvalue weighted by Crippen LogP contribution is -2.44. The van der Waals surface area contributed by atoms with Gasteiger partial charge in [0.25, 0.3) is 0 Å². The number of nitrogens with one attached hydrogen (secondary N) is 2. The largest absolute Gasteiger partial charge is 0.455 e. The summed E-state index contributed by atoms with van der Waals surface area (Å²) in [5.41, 5.74) is 12.5. The van der Waals surface area contributed by atoms with Gasteiger partial charge >= 0.3 is 0 Å². The summed E-state index contributed by atoms with van der Waals surface area (Å²) >= 11 is 1.88. The quantitative estimate of drug-likeness (QED) is 0.184. The summed E-state index contributed by atoms with van der Waals surface area (Å²) in [6, 6.07) is 56.4. The summed E-state index contributed by atoms with van der Waals surface area (Å²) in [5, 5.41) is 13.5. The van der Waals surface area contributed by atoms with Crippen LogP contribution >= 0.6 is 11.3 Å². The van der Waals surface area contributed by atoms with E-state index in [1.54, 1.807) is 0 Å². The van der Waals surface area contributed by atoms with Crippen LogP contribution in [-0.4, -0.2) is 10.4 Å². The van der Waals surface area contributed by atoms with E-state index < -0.39 is 0 Å². The maximum atomic E-state index is 6.83. The molecule has 57 heavy (non-hydrogen) atoms. The maximum Gasteiger partial charge on any atom is 0.143 e. The Balaban J connectivity index is 0.952. The van der Waals surface area contributed by atoms with Crippen molar-refractivity contribution in [2.24, 2.45) is 4.99 Å². The Hall–Kier alpha value is -6.73. The zero-order valence-electron chi connectivity index (χ0n) is 30.9. The standard InChI is InChI=1S/C51H36N4OS/c1-3-13-31(14-4-1)49-52-50(32-15-5-2-6-16-32)54-51(53-49)34-26-27-38-40-20-11-19-35(47(40)56-45(38)29-34)33-25-28-39-41-21-12-24-44(48(41)57-46(39)30-33)55-42-22-9-7-17-36(42)37-18-8-10-23-43(37)55/h1-7,9-17,19-30,49,51,53H,8,18H2,(H,52,54). The lowest BCUT2D eigenvalue weighted by Gasteiger charge is -2.32. The van der Waals surface area contributed by atoms with E-state index >= 15 is 0 Å². The van der Waals surface area contributed by atoms with E-state index in [2.05, 4.69) is 173 Å². The van der Waals surface area contributed by atoms with E-state index in [1.165, 1.54) is 48.0 Å². The average Bonchev–Trinajstić information content (AvgIpc) is 3.96. The van der Waals surface area contributed by atoms with Crippen LogP contribution in [0.4, 0.5) is 0 Å². The summed E-state index contributed by atoms with van der Waals surface area (Å²) in [7, 11) is 0. The van der Waals surface area contributed by atoms with Crippen LogP contribution in [0.2, 0.25) is 0 Å². The van der Waals surface area contributed by atoms with Crippen molar-refractivity contribution < 1.29 is 4.42 Å². The van der Waals surface area contributed by atoms with Gasteiger partial charge in [0.05, 0.1) is 15.9 Å². The molecule has 1 aliphatic heterocycles. The molecule has 0 saturated carbocycles. The minimum absolute atomic E-state index is 0.105. The van der Waals surface area contributed by atoms with Crippen LogP contribution in [-0.2, 0) is 6.42 Å². The van der Waals surface area contributed by atoms with Crippen molar-refractivity contribution in [3.05, 3.63) is 192 Å². The van der Waals surface area contributed by atoms with Crippen LogP contribution in [0.25, 0.3) is 75.9 Å². The number of allylic oxidation sites excluding steroid dienone is 1. The summed E-state index contributed by atoms with van der Waals surface area (Å²) in [4.78, 5) is 5.18. The first-order chi connectivity index (χ1) is 28.2. The molecule has 2 N–H and O–H groups in total. The molecule has 272 valence electrons. The molecular weight excluding hydrogens is 717 g/mol. The molecule has 4 heterocycles. The van der Waals surface area contributed by atoms with Crippen molar-refractivity contribution in [1.29, 1.82) is 0 Å². The first kappa shape index (κ1) is 32.5. The number of thiophene rings is 1. The van der Waals surface area contributed by atoms with Gasteiger partial charge in [0.1, 0.15) is 29.3 Å². The van der Waals surface area contributed by atoms with Gasteiger partial charge in [-0.05, 0) is 65.4 Å². The second-order valence-electron chi connectivity index (χ2n) is 15.1. The molecule has 0 radical (unpaired) electrons. The maximum absolute atomic E-state index is 6.83. The number of para-hydroxylation sites is 2. The van der Waals surface area contributed by atoms with Crippen LogP contribution in [0.1, 0.15) is 46.7 Å². The zero-order chi connectivity index (χ0) is 37.5. The lowest BCUT2D eigenvalue weighted by atomic mass is 10.0. The van der Waals surface area contributed by atoms with Crippen LogP contribution in [0, 0.1) is 0 Å². The Morgan fingerprint density at radius 3 is 2.35 bits per heavy atom. The Kier molecular flexibility index (Phi) is 7.37. The molecular formula is C51H36N4OS. The SMILES string of the molecule is C1=Cc2c(c3ccccc3n2-c2cccc3c2sc2cc(-c4cccc5c4oc4cc(C6N=C(c7ccccc7)NC(c7ccccc7)N6)ccc45)ccc23)CC1. The van der Waals surface area contributed by atoms with E-state index in [1.807, 2.05) is 23.5 Å². The van der Waals surface area contributed by atoms with Gasteiger partial charge in [0, 0.05) is 48.5 Å². The van der Waals surface area contributed by atoms with E-state index in [0.717, 1.165) is 68.4 Å². The van der Waals surface area contributed by atoms with Crippen molar-refractivity contribution in [2.75, 3.05) is 0 Å². The Labute approximate surface area is 333 Å². The summed E-state index contributed by atoms with van der Waals surface area (Å²) in [6.45, 7) is 0. The highest BCUT2D eigenvalue weighted by molar-refractivity contribution is 7.26. The molecule has 6 heteroatoms. The molecule has 10 aromatic rings. The minimum atomic E-state index is -0.268. The van der Waals surface area contributed by atoms with Gasteiger partial charge in [-0.1, -0.05) is 140 Å². The van der Waals surface area contributed by atoms with Crippen molar-refractivity contribution in [3.8, 4) is 16.8 Å². The Morgan fingerprint density at radius 1 is 0.649 bits per heavy atom. The van der Waals surface area contributed by atoms with E-state index in [-0.39, 0.29) is 12.3 Å². The van der Waals surface area contributed by atoms with Gasteiger partial charge in [-0.15, -0.1) is 11.3 Å². The summed E-state index contributed by atoms with van der Waals surface area (Å²) < 4.78 is 11.9. The highest BCUT2D eigenvalue weighted by Crippen LogP contribution is 2.44. The van der Waals surface area contributed by atoms with Crippen molar-refractivity contribution in [1.82, 2.24) is 15.2 Å². The third-order valence-electron chi connectivity index (χ3n) is 11.8. The lowest BCUT2D eigenvalue weighted by molar-refractivity contribution is 0.409. The minimum Gasteiger partial charge on any atom is -0.455 e. The normalized spacial score (nSPS) is 16.7. The van der Waals surface area contributed by atoms with E-state index in [4.69, 9.17) is 9.41 Å². The number of rotatable bonds is 5. The molecule has 7 aromatic carbocycles. The molecule has 0 fully saturated rings. The molecule has 3 aromatic heterocycles. The first-order valence-corrected chi connectivity index (χ1v) is 20.5. The van der Waals surface area contributed by atoms with Crippen molar-refractivity contribution in [2.45, 2.75) is 25.2 Å². The molecule has 0 amide bonds. The second kappa shape index (κ2) is 12.9. The fourth-order valence-electron chi connectivity index (χ4n) is 9.08. The number of hydrogen-bond acceptors (Lipinski definition) is 5. The van der Waals surface area contributed by atoms with Crippen LogP contribution in [0.3, 0.4) is 0 Å². The molecule has 0 spiro atoms. The first-order valence-electron chi connectivity index (χ1n) is 19.7. The molecule has 2 aliphatic rings. The number of fused-ring (bicyclic) bond motifs is 9. The number of nitrogens with zero attached hydrogens (tertiary/aromatic N) is 2. The molecule has 12 rings (SSSR count).